The van der Waals surface area contributed by atoms with Crippen LogP contribution in [0, 0.1) is 0 Å². The summed E-state index contributed by atoms with van der Waals surface area (Å²) in [5, 5.41) is 4.90. The molecule has 0 unspecified atom stereocenters. The summed E-state index contributed by atoms with van der Waals surface area (Å²) in [5.74, 6) is -0.712. The molecule has 1 rings (SSSR count). The van der Waals surface area contributed by atoms with E-state index in [0.29, 0.717) is 12.6 Å². The molecule has 0 saturated carbocycles. The lowest BCUT2D eigenvalue weighted by molar-refractivity contribution is -0.115. The van der Waals surface area contributed by atoms with Crippen molar-refractivity contribution in [3.05, 3.63) is 23.3 Å². The van der Waals surface area contributed by atoms with E-state index in [1.165, 1.54) is 26.0 Å². The zero-order chi connectivity index (χ0) is 13.7. The number of aldehydes is 2. The van der Waals surface area contributed by atoms with Gasteiger partial charge >= 0.3 is 0 Å². The van der Waals surface area contributed by atoms with Gasteiger partial charge in [0.05, 0.1) is 11.4 Å². The molecule has 0 bridgehead atoms. The molecule has 0 spiro atoms. The molecule has 0 radical (unpaired) electrons. The van der Waals surface area contributed by atoms with Gasteiger partial charge in [-0.3, -0.25) is 19.2 Å². The van der Waals surface area contributed by atoms with Gasteiger partial charge < -0.3 is 10.6 Å². The maximum Gasteiger partial charge on any atom is 0.221 e. The predicted molar refractivity (Wildman–Crippen MR) is 65.8 cm³/mol. The van der Waals surface area contributed by atoms with Crippen LogP contribution in [0.4, 0.5) is 11.4 Å². The third-order valence-electron chi connectivity index (χ3n) is 2.10. The van der Waals surface area contributed by atoms with E-state index in [4.69, 9.17) is 0 Å². The van der Waals surface area contributed by atoms with Crippen LogP contribution < -0.4 is 10.6 Å². The van der Waals surface area contributed by atoms with Crippen molar-refractivity contribution in [2.75, 3.05) is 10.6 Å². The maximum absolute atomic E-state index is 11.0. The molecular formula is C12H12N2O4. The highest BCUT2D eigenvalue weighted by molar-refractivity contribution is 6.02. The molecule has 18 heavy (non-hydrogen) atoms. The fourth-order valence-electron chi connectivity index (χ4n) is 1.42. The van der Waals surface area contributed by atoms with Crippen LogP contribution in [0.3, 0.4) is 0 Å². The van der Waals surface area contributed by atoms with Gasteiger partial charge in [-0.15, -0.1) is 0 Å². The summed E-state index contributed by atoms with van der Waals surface area (Å²) < 4.78 is 0. The number of anilines is 2. The lowest BCUT2D eigenvalue weighted by atomic mass is 10.1. The second kappa shape index (κ2) is 5.72. The topological polar surface area (TPSA) is 92.3 Å². The minimum Gasteiger partial charge on any atom is -0.326 e. The zero-order valence-electron chi connectivity index (χ0n) is 9.94. The molecule has 6 heteroatoms. The highest BCUT2D eigenvalue weighted by atomic mass is 16.2. The van der Waals surface area contributed by atoms with Crippen molar-refractivity contribution in [1.29, 1.82) is 0 Å². The van der Waals surface area contributed by atoms with E-state index in [-0.39, 0.29) is 34.3 Å². The van der Waals surface area contributed by atoms with Gasteiger partial charge in [0.15, 0.2) is 12.6 Å². The van der Waals surface area contributed by atoms with E-state index < -0.39 is 0 Å². The van der Waals surface area contributed by atoms with Gasteiger partial charge in [-0.1, -0.05) is 0 Å². The molecule has 0 aromatic heterocycles. The first-order valence-electron chi connectivity index (χ1n) is 5.11. The molecule has 2 amide bonds. The Kier molecular flexibility index (Phi) is 4.31. The van der Waals surface area contributed by atoms with Crippen LogP contribution in [0.1, 0.15) is 34.6 Å². The molecule has 0 heterocycles. The number of carbonyl (C=O) groups is 4. The Morgan fingerprint density at radius 3 is 1.56 bits per heavy atom. The van der Waals surface area contributed by atoms with Crippen molar-refractivity contribution in [2.45, 2.75) is 13.8 Å². The first-order valence-corrected chi connectivity index (χ1v) is 5.11. The minimum atomic E-state index is -0.356. The van der Waals surface area contributed by atoms with Crippen molar-refractivity contribution < 1.29 is 19.2 Å². The SMILES string of the molecule is CC(=O)Nc1cc(NC(C)=O)c(C=O)cc1C=O. The average Bonchev–Trinajstić information content (AvgIpc) is 2.28. The van der Waals surface area contributed by atoms with Crippen LogP contribution in [0.15, 0.2) is 12.1 Å². The molecule has 6 nitrogen and oxygen atoms in total. The molecular weight excluding hydrogens is 236 g/mol. The molecule has 94 valence electrons. The number of nitrogens with one attached hydrogen (secondary N) is 2. The Bertz CT molecular complexity index is 480. The fourth-order valence-corrected chi connectivity index (χ4v) is 1.42. The Hall–Kier alpha value is -2.50. The van der Waals surface area contributed by atoms with Crippen LogP contribution in [-0.2, 0) is 9.59 Å². The number of carbonyl (C=O) groups excluding carboxylic acids is 4. The fraction of sp³-hybridized carbons (Fsp3) is 0.167. The molecule has 0 aliphatic carbocycles. The highest BCUT2D eigenvalue weighted by Gasteiger charge is 2.11. The summed E-state index contributed by atoms with van der Waals surface area (Å²) in [4.78, 5) is 43.7. The first kappa shape index (κ1) is 13.6. The van der Waals surface area contributed by atoms with Crippen LogP contribution in [0.5, 0.6) is 0 Å². The Balaban J connectivity index is 3.32. The van der Waals surface area contributed by atoms with Crippen LogP contribution in [0.25, 0.3) is 0 Å². The van der Waals surface area contributed by atoms with Gasteiger partial charge in [-0.25, -0.2) is 0 Å². The van der Waals surface area contributed by atoms with E-state index in [1.54, 1.807) is 0 Å². The second-order valence-corrected chi connectivity index (χ2v) is 3.62. The molecule has 0 fully saturated rings. The van der Waals surface area contributed by atoms with E-state index in [0.717, 1.165) is 0 Å². The number of hydrogen-bond acceptors (Lipinski definition) is 4. The van der Waals surface area contributed by atoms with Gasteiger partial charge in [-0.2, -0.15) is 0 Å². The quantitative estimate of drug-likeness (QED) is 0.784. The molecule has 1 aromatic rings. The number of hydrogen-bond donors (Lipinski definition) is 2. The second-order valence-electron chi connectivity index (χ2n) is 3.62. The third kappa shape index (κ3) is 3.24. The van der Waals surface area contributed by atoms with Gasteiger partial charge in [0.2, 0.25) is 11.8 Å². The Morgan fingerprint density at radius 2 is 1.28 bits per heavy atom. The van der Waals surface area contributed by atoms with Crippen molar-refractivity contribution in [3.8, 4) is 0 Å². The summed E-state index contributed by atoms with van der Waals surface area (Å²) in [6, 6.07) is 2.67. The lowest BCUT2D eigenvalue weighted by Crippen LogP contribution is -2.12. The third-order valence-corrected chi connectivity index (χ3v) is 2.10. The zero-order valence-corrected chi connectivity index (χ0v) is 9.94. The highest BCUT2D eigenvalue weighted by Crippen LogP contribution is 2.23. The standard InChI is InChI=1S/C12H12N2O4/c1-7(17)13-11-4-12(14-8(2)18)10(6-16)3-9(11)5-15/h3-6H,1-2H3,(H,13,17)(H,14,18). The monoisotopic (exact) mass is 248 g/mol. The number of benzene rings is 1. The van der Waals surface area contributed by atoms with Crippen molar-refractivity contribution in [3.63, 3.8) is 0 Å². The molecule has 0 aliphatic heterocycles. The number of amides is 2. The van der Waals surface area contributed by atoms with Crippen molar-refractivity contribution in [2.24, 2.45) is 0 Å². The van der Waals surface area contributed by atoms with E-state index >= 15 is 0 Å². The minimum absolute atomic E-state index is 0.168. The summed E-state index contributed by atoms with van der Waals surface area (Å²) in [5.41, 5.74) is 0.821. The summed E-state index contributed by atoms with van der Waals surface area (Å²) in [6.07, 6.45) is 1.05. The molecule has 0 saturated heterocycles. The van der Waals surface area contributed by atoms with Gasteiger partial charge in [0.1, 0.15) is 0 Å². The Morgan fingerprint density at radius 1 is 0.889 bits per heavy atom. The first-order chi connectivity index (χ1) is 8.47. The van der Waals surface area contributed by atoms with Gasteiger partial charge in [-0.05, 0) is 12.1 Å². The summed E-state index contributed by atoms with van der Waals surface area (Å²) >= 11 is 0. The molecule has 0 atom stereocenters. The Labute approximate surface area is 103 Å². The van der Waals surface area contributed by atoms with Crippen LogP contribution in [-0.4, -0.2) is 24.4 Å². The van der Waals surface area contributed by atoms with Crippen LogP contribution >= 0.6 is 0 Å². The van der Waals surface area contributed by atoms with Gasteiger partial charge in [0.25, 0.3) is 0 Å². The van der Waals surface area contributed by atoms with Gasteiger partial charge in [0, 0.05) is 25.0 Å². The maximum atomic E-state index is 11.0. The molecule has 2 N–H and O–H groups in total. The van der Waals surface area contributed by atoms with Crippen molar-refractivity contribution in [1.82, 2.24) is 0 Å². The van der Waals surface area contributed by atoms with Crippen molar-refractivity contribution >= 4 is 35.8 Å². The molecule has 0 aliphatic rings. The summed E-state index contributed by atoms with van der Waals surface area (Å²) in [6.45, 7) is 2.58. The number of rotatable bonds is 4. The lowest BCUT2D eigenvalue weighted by Gasteiger charge is -2.11. The summed E-state index contributed by atoms with van der Waals surface area (Å²) in [7, 11) is 0. The smallest absolute Gasteiger partial charge is 0.221 e. The molecule has 1 aromatic carbocycles. The normalized spacial score (nSPS) is 9.44. The van der Waals surface area contributed by atoms with Crippen LogP contribution in [0.2, 0.25) is 0 Å². The largest absolute Gasteiger partial charge is 0.326 e. The van der Waals surface area contributed by atoms with E-state index in [1.807, 2.05) is 0 Å². The van der Waals surface area contributed by atoms with E-state index in [9.17, 15) is 19.2 Å². The van der Waals surface area contributed by atoms with E-state index in [2.05, 4.69) is 10.6 Å². The average molecular weight is 248 g/mol. The predicted octanol–water partition coefficient (Wildman–Crippen LogP) is 1.23.